The highest BCUT2D eigenvalue weighted by molar-refractivity contribution is 7.99. The lowest BCUT2D eigenvalue weighted by Gasteiger charge is -2.61. The lowest BCUT2D eigenvalue weighted by molar-refractivity contribution is -0.152. The summed E-state index contributed by atoms with van der Waals surface area (Å²) in [4.78, 5) is 31.5. The molecule has 3 aromatic rings. The number of thioether (sulfide) groups is 1. The summed E-state index contributed by atoms with van der Waals surface area (Å²) in [5, 5.41) is 25.3. The standard InChI is InChI=1S/C41H41F3N4O8S/c1-19-12-23-13-26-27(14-45)48-28-15-53-40(51)25(46-29(49)11-8-22-6-9-24(10-7-22)41(42,43)44)16-57-39(32-31(28)38-37(55-18-56-38)21(3)35(32)50)34(48)33(47(26)4)30(23)36(20(19)2)54-17-52-5/h6-12,25-28,33-34,39,50H,13,15-18H2,1-5H3,(H,46,49)/b11-8+/t25-,26+,27-,28+,33+,34?,39+/m0/s1. The van der Waals surface area contributed by atoms with Crippen LogP contribution in [0.1, 0.15) is 67.4 Å². The molecule has 12 nitrogen and oxygen atoms in total. The molecule has 3 aromatic carbocycles. The van der Waals surface area contributed by atoms with E-state index in [1.807, 2.05) is 20.9 Å². The number of phenols is 1. The van der Waals surface area contributed by atoms with E-state index in [-0.39, 0.29) is 43.8 Å². The maximum atomic E-state index is 13.8. The Morgan fingerprint density at radius 3 is 2.54 bits per heavy atom. The molecule has 6 aliphatic rings. The summed E-state index contributed by atoms with van der Waals surface area (Å²) in [5.41, 5.74) is 5.21. The normalized spacial score (nSPS) is 26.6. The quantitative estimate of drug-likeness (QED) is 0.177. The lowest BCUT2D eigenvalue weighted by atomic mass is 9.71. The average molecular weight is 807 g/mol. The Morgan fingerprint density at radius 1 is 1.11 bits per heavy atom. The molecule has 1 amide bonds. The molecule has 16 heteroatoms. The molecule has 2 N–H and O–H groups in total. The van der Waals surface area contributed by atoms with Crippen LogP contribution in [0, 0.1) is 32.1 Å². The van der Waals surface area contributed by atoms with Crippen LogP contribution in [0.25, 0.3) is 6.08 Å². The van der Waals surface area contributed by atoms with Gasteiger partial charge in [0.2, 0.25) is 12.7 Å². The number of carbonyl (C=O) groups excluding carboxylic acids is 2. The summed E-state index contributed by atoms with van der Waals surface area (Å²) < 4.78 is 68.9. The largest absolute Gasteiger partial charge is 0.507 e. The fraction of sp³-hybridized carbons (Fsp3) is 0.439. The number of alkyl halides is 3. The van der Waals surface area contributed by atoms with Gasteiger partial charge in [0, 0.05) is 53.3 Å². The van der Waals surface area contributed by atoms with Crippen LogP contribution >= 0.6 is 11.8 Å². The number of phenolic OH excluding ortho intramolecular Hbond substituents is 1. The Labute approximate surface area is 331 Å². The molecule has 6 aliphatic heterocycles. The van der Waals surface area contributed by atoms with Crippen molar-refractivity contribution in [2.24, 2.45) is 0 Å². The number of methoxy groups -OCH3 is 1. The second-order valence-corrected chi connectivity index (χ2v) is 16.1. The van der Waals surface area contributed by atoms with Gasteiger partial charge in [0.05, 0.1) is 29.0 Å². The molecule has 0 aromatic heterocycles. The SMILES string of the molecule is COCOc1c(C)c(C)cc2c1[C@@H]1C3[C@@H]4SC[C@H](NC(=O)/C=C/c5ccc(C(F)(F)F)cc5)C(=O)OC[C@H](c5c6c(c(C)c(O)c54)OCO6)N3[C@@H](C#N)[C@@H](C2)N1C. The first kappa shape index (κ1) is 38.9. The minimum absolute atomic E-state index is 0.00798. The van der Waals surface area contributed by atoms with Gasteiger partial charge in [-0.05, 0) is 74.7 Å². The summed E-state index contributed by atoms with van der Waals surface area (Å²) in [6.45, 7) is 5.49. The van der Waals surface area contributed by atoms with E-state index in [4.69, 9.17) is 23.7 Å². The van der Waals surface area contributed by atoms with Gasteiger partial charge in [0.15, 0.2) is 18.3 Å². The van der Waals surface area contributed by atoms with Gasteiger partial charge in [-0.15, -0.1) is 11.8 Å². The highest BCUT2D eigenvalue weighted by Crippen LogP contribution is 2.63. The topological polar surface area (TPSA) is 143 Å². The monoisotopic (exact) mass is 806 g/mol. The van der Waals surface area contributed by atoms with Crippen LogP contribution in [-0.4, -0.2) is 91.1 Å². The number of hydrogen-bond donors (Lipinski definition) is 2. The van der Waals surface area contributed by atoms with Crippen LogP contribution in [0.4, 0.5) is 13.2 Å². The van der Waals surface area contributed by atoms with Gasteiger partial charge in [-0.3, -0.25) is 14.6 Å². The van der Waals surface area contributed by atoms with Crippen molar-refractivity contribution in [1.82, 2.24) is 15.1 Å². The zero-order valence-corrected chi connectivity index (χ0v) is 32.6. The lowest BCUT2D eigenvalue weighted by Crippen LogP contribution is -2.69. The van der Waals surface area contributed by atoms with Crippen molar-refractivity contribution in [2.45, 2.75) is 74.9 Å². The summed E-state index contributed by atoms with van der Waals surface area (Å²) >= 11 is 1.35. The van der Waals surface area contributed by atoms with E-state index in [0.717, 1.165) is 40.5 Å². The van der Waals surface area contributed by atoms with Crippen molar-refractivity contribution in [1.29, 1.82) is 5.26 Å². The van der Waals surface area contributed by atoms with Crippen molar-refractivity contribution in [2.75, 3.05) is 40.1 Å². The third-order valence-electron chi connectivity index (χ3n) is 11.9. The Hall–Kier alpha value is -4.95. The number of ether oxygens (including phenoxy) is 5. The predicted molar refractivity (Wildman–Crippen MR) is 202 cm³/mol. The number of amides is 1. The molecule has 7 atom stereocenters. The van der Waals surface area contributed by atoms with E-state index in [9.17, 15) is 33.1 Å². The Kier molecular flexibility index (Phi) is 10.1. The summed E-state index contributed by atoms with van der Waals surface area (Å²) in [5.74, 6) is 0.174. The van der Waals surface area contributed by atoms with Crippen LogP contribution in [0.2, 0.25) is 0 Å². The molecule has 0 aliphatic carbocycles. The van der Waals surface area contributed by atoms with Crippen LogP contribution in [0.5, 0.6) is 23.0 Å². The van der Waals surface area contributed by atoms with Crippen molar-refractivity contribution in [3.63, 3.8) is 0 Å². The minimum Gasteiger partial charge on any atom is -0.507 e. The van der Waals surface area contributed by atoms with Crippen LogP contribution in [0.15, 0.2) is 36.4 Å². The van der Waals surface area contributed by atoms with Crippen molar-refractivity contribution >= 4 is 29.7 Å². The van der Waals surface area contributed by atoms with E-state index < -0.39 is 53.0 Å². The van der Waals surface area contributed by atoms with E-state index in [2.05, 4.69) is 27.3 Å². The van der Waals surface area contributed by atoms with Gasteiger partial charge < -0.3 is 34.1 Å². The summed E-state index contributed by atoms with van der Waals surface area (Å²) in [6, 6.07) is 5.39. The third-order valence-corrected chi connectivity index (χ3v) is 13.3. The van der Waals surface area contributed by atoms with Gasteiger partial charge in [0.1, 0.15) is 30.2 Å². The number of rotatable bonds is 6. The van der Waals surface area contributed by atoms with Crippen LogP contribution in [-0.2, 0) is 31.7 Å². The maximum Gasteiger partial charge on any atom is 0.416 e. The van der Waals surface area contributed by atoms with E-state index in [1.54, 1.807) is 14.0 Å². The van der Waals surface area contributed by atoms with E-state index >= 15 is 0 Å². The number of fused-ring (bicyclic) bond motifs is 10. The van der Waals surface area contributed by atoms with Gasteiger partial charge in [-0.2, -0.15) is 18.4 Å². The number of halogens is 3. The zero-order chi connectivity index (χ0) is 40.5. The van der Waals surface area contributed by atoms with Gasteiger partial charge in [-0.25, -0.2) is 4.79 Å². The second-order valence-electron chi connectivity index (χ2n) is 14.9. The molecule has 300 valence electrons. The number of aryl methyl sites for hydroxylation is 1. The molecule has 9 rings (SSSR count). The van der Waals surface area contributed by atoms with Crippen LogP contribution < -0.4 is 19.5 Å². The number of aromatic hydroxyl groups is 1. The van der Waals surface area contributed by atoms with Crippen molar-refractivity contribution < 1.29 is 51.6 Å². The van der Waals surface area contributed by atoms with E-state index in [0.29, 0.717) is 45.9 Å². The number of nitrogens with one attached hydrogen (secondary N) is 1. The second kappa shape index (κ2) is 14.8. The highest BCUT2D eigenvalue weighted by Gasteiger charge is 2.60. The highest BCUT2D eigenvalue weighted by atomic mass is 32.2. The molecule has 0 saturated carbocycles. The van der Waals surface area contributed by atoms with E-state index in [1.165, 1.54) is 30.0 Å². The first-order valence-electron chi connectivity index (χ1n) is 18.5. The molecule has 2 fully saturated rings. The Bertz CT molecular complexity index is 2210. The van der Waals surface area contributed by atoms with Gasteiger partial charge >= 0.3 is 12.1 Å². The Morgan fingerprint density at radius 2 is 1.84 bits per heavy atom. The minimum atomic E-state index is -4.50. The first-order chi connectivity index (χ1) is 27.2. The molecular weight excluding hydrogens is 766 g/mol. The number of likely N-dealkylation sites (N-methyl/N-ethyl adjacent to an activating group) is 1. The molecule has 0 spiro atoms. The van der Waals surface area contributed by atoms with Gasteiger partial charge in [0.25, 0.3) is 0 Å². The number of hydrogen-bond acceptors (Lipinski definition) is 12. The number of esters is 1. The summed E-state index contributed by atoms with van der Waals surface area (Å²) in [7, 11) is 3.56. The number of nitriles is 1. The number of nitrogens with zero attached hydrogens (tertiary/aromatic N) is 3. The predicted octanol–water partition coefficient (Wildman–Crippen LogP) is 5.81. The molecular formula is C41H41F3N4O8S. The first-order valence-corrected chi connectivity index (χ1v) is 19.5. The van der Waals surface area contributed by atoms with Gasteiger partial charge in [-0.1, -0.05) is 18.2 Å². The number of piperazine rings is 1. The smallest absolute Gasteiger partial charge is 0.416 e. The molecule has 1 unspecified atom stereocenters. The molecule has 2 saturated heterocycles. The molecule has 4 bridgehead atoms. The Balaban J connectivity index is 1.23. The fourth-order valence-electron chi connectivity index (χ4n) is 9.13. The number of carbonyl (C=O) groups is 2. The van der Waals surface area contributed by atoms with Crippen LogP contribution in [0.3, 0.4) is 0 Å². The fourth-order valence-corrected chi connectivity index (χ4v) is 10.6. The maximum absolute atomic E-state index is 13.8. The summed E-state index contributed by atoms with van der Waals surface area (Å²) in [6.07, 6.45) is -1.44. The molecule has 57 heavy (non-hydrogen) atoms. The number of benzene rings is 3. The molecule has 0 radical (unpaired) electrons. The zero-order valence-electron chi connectivity index (χ0n) is 31.8. The van der Waals surface area contributed by atoms with Crippen molar-refractivity contribution in [3.05, 3.63) is 86.5 Å². The third kappa shape index (κ3) is 6.44. The van der Waals surface area contributed by atoms with Crippen molar-refractivity contribution in [3.8, 4) is 29.1 Å². The average Bonchev–Trinajstić information content (AvgIpc) is 3.67. The molecule has 6 heterocycles.